The van der Waals surface area contributed by atoms with Crippen molar-refractivity contribution in [2.75, 3.05) is 0 Å². The van der Waals surface area contributed by atoms with Gasteiger partial charge in [0.05, 0.1) is 0 Å². The van der Waals surface area contributed by atoms with E-state index < -0.39 is 16.7 Å². The van der Waals surface area contributed by atoms with Crippen LogP contribution in [-0.4, -0.2) is 11.3 Å². The molecule has 100 valence electrons. The minimum Gasteiger partial charge on any atom is -0.298 e. The summed E-state index contributed by atoms with van der Waals surface area (Å²) in [5.41, 5.74) is -4.00. The number of benzene rings is 1. The molecule has 0 radical (unpaired) electrons. The average Bonchev–Trinajstić information content (AvgIpc) is 2.26. The van der Waals surface area contributed by atoms with Gasteiger partial charge in [0.2, 0.25) is 0 Å². The number of hydrogen-bond acceptors (Lipinski definition) is 2. The van der Waals surface area contributed by atoms with E-state index >= 15 is 0 Å². The van der Waals surface area contributed by atoms with Crippen LogP contribution in [0.15, 0.2) is 23.1 Å². The van der Waals surface area contributed by atoms with Crippen molar-refractivity contribution in [1.29, 1.82) is 0 Å². The van der Waals surface area contributed by atoms with Gasteiger partial charge >= 0.3 is 5.51 Å². The predicted molar refractivity (Wildman–Crippen MR) is 67.2 cm³/mol. The second-order valence-electron chi connectivity index (χ2n) is 3.49. The molecule has 1 atom stereocenters. The van der Waals surface area contributed by atoms with E-state index in [0.29, 0.717) is 5.56 Å². The number of halogens is 5. The maximum atomic E-state index is 12.5. The van der Waals surface area contributed by atoms with Crippen molar-refractivity contribution in [2.45, 2.75) is 28.6 Å². The fourth-order valence-corrected chi connectivity index (χ4v) is 2.72. The third-order valence-corrected chi connectivity index (χ3v) is 3.88. The first kappa shape index (κ1) is 15.7. The smallest absolute Gasteiger partial charge is 0.298 e. The highest BCUT2D eigenvalue weighted by Gasteiger charge is 2.33. The Morgan fingerprint density at radius 1 is 1.44 bits per heavy atom. The molecule has 0 N–H and O–H groups in total. The van der Waals surface area contributed by atoms with Gasteiger partial charge in [0.15, 0.2) is 5.78 Å². The van der Waals surface area contributed by atoms with Gasteiger partial charge in [0.1, 0.15) is 5.38 Å². The number of carbonyl (C=O) groups is 1. The predicted octanol–water partition coefficient (Wildman–Crippen LogP) is 4.91. The summed E-state index contributed by atoms with van der Waals surface area (Å²) in [4.78, 5) is 11.1. The van der Waals surface area contributed by atoms with Gasteiger partial charge in [-0.1, -0.05) is 18.2 Å². The van der Waals surface area contributed by atoms with Gasteiger partial charge in [0.25, 0.3) is 0 Å². The van der Waals surface area contributed by atoms with Gasteiger partial charge in [-0.05, 0) is 29.8 Å². The molecule has 0 aliphatic carbocycles. The number of alkyl halides is 5. The van der Waals surface area contributed by atoms with E-state index in [1.54, 1.807) is 0 Å². The second kappa shape index (κ2) is 6.17. The van der Waals surface area contributed by atoms with Crippen LogP contribution in [0.25, 0.3) is 0 Å². The lowest BCUT2D eigenvalue weighted by atomic mass is 10.1. The molecule has 0 aliphatic heterocycles. The molecule has 0 amide bonds. The Balaban J connectivity index is 3.29. The Kier molecular flexibility index (Phi) is 5.37. The summed E-state index contributed by atoms with van der Waals surface area (Å²) >= 11 is 11.1. The third-order valence-electron chi connectivity index (χ3n) is 2.12. The van der Waals surface area contributed by atoms with Gasteiger partial charge in [0, 0.05) is 10.8 Å². The van der Waals surface area contributed by atoms with Crippen LogP contribution in [0.3, 0.4) is 0 Å². The normalized spacial score (nSPS) is 13.4. The molecule has 1 aromatic carbocycles. The SMILES string of the molecule is CC(=O)C(Cl)c1cccc(CCl)c1SC(F)(F)F. The molecule has 0 fully saturated rings. The molecule has 0 aliphatic rings. The van der Waals surface area contributed by atoms with Crippen molar-refractivity contribution in [3.05, 3.63) is 29.3 Å². The van der Waals surface area contributed by atoms with Crippen LogP contribution in [0.4, 0.5) is 13.2 Å². The highest BCUT2D eigenvalue weighted by molar-refractivity contribution is 8.00. The molecule has 1 aromatic rings. The van der Waals surface area contributed by atoms with E-state index in [4.69, 9.17) is 23.2 Å². The molecule has 18 heavy (non-hydrogen) atoms. The molecule has 7 heteroatoms. The summed E-state index contributed by atoms with van der Waals surface area (Å²) in [5, 5.41) is -1.10. The lowest BCUT2D eigenvalue weighted by Gasteiger charge is -2.16. The van der Waals surface area contributed by atoms with E-state index in [1.165, 1.54) is 25.1 Å². The molecule has 1 rings (SSSR count). The Hall–Kier alpha value is -0.390. The molecule has 1 nitrogen and oxygen atoms in total. The molecule has 0 aromatic heterocycles. The van der Waals surface area contributed by atoms with Crippen LogP contribution >= 0.6 is 35.0 Å². The number of carbonyl (C=O) groups excluding carboxylic acids is 1. The first-order chi connectivity index (χ1) is 8.26. The quantitative estimate of drug-likeness (QED) is 0.580. The molecule has 0 heterocycles. The van der Waals surface area contributed by atoms with Gasteiger partial charge in [-0.3, -0.25) is 4.79 Å². The van der Waals surface area contributed by atoms with Crippen molar-refractivity contribution >= 4 is 40.7 Å². The standard InChI is InChI=1S/C11H9Cl2F3OS/c1-6(17)9(13)8-4-2-3-7(5-12)10(8)18-11(14,15)16/h2-4,9H,5H2,1H3. The van der Waals surface area contributed by atoms with E-state index in [2.05, 4.69) is 0 Å². The summed E-state index contributed by atoms with van der Waals surface area (Å²) in [6.45, 7) is 1.23. The highest BCUT2D eigenvalue weighted by Crippen LogP contribution is 2.43. The van der Waals surface area contributed by atoms with Gasteiger partial charge in [-0.25, -0.2) is 0 Å². The molecule has 0 saturated carbocycles. The molecule has 0 spiro atoms. The summed E-state index contributed by atoms with van der Waals surface area (Å²) in [6, 6.07) is 4.42. The number of Topliss-reactive ketones (excluding diaryl/α,β-unsaturated/α-hetero) is 1. The monoisotopic (exact) mass is 316 g/mol. The number of hydrogen-bond donors (Lipinski definition) is 0. The lowest BCUT2D eigenvalue weighted by molar-refractivity contribution is -0.116. The van der Waals surface area contributed by atoms with Gasteiger partial charge in [-0.15, -0.1) is 23.2 Å². The van der Waals surface area contributed by atoms with Crippen LogP contribution in [0, 0.1) is 0 Å². The van der Waals surface area contributed by atoms with Crippen LogP contribution in [0.5, 0.6) is 0 Å². The summed E-state index contributed by atoms with van der Waals surface area (Å²) in [5.74, 6) is -0.485. The fourth-order valence-electron chi connectivity index (χ4n) is 1.37. The van der Waals surface area contributed by atoms with E-state index in [-0.39, 0.29) is 28.1 Å². The zero-order valence-electron chi connectivity index (χ0n) is 9.22. The minimum absolute atomic E-state index is 0.0756. The van der Waals surface area contributed by atoms with Crippen LogP contribution in [-0.2, 0) is 10.7 Å². The summed E-state index contributed by atoms with van der Waals surface area (Å²) in [6.07, 6.45) is 0. The van der Waals surface area contributed by atoms with E-state index in [0.717, 1.165) is 0 Å². The minimum atomic E-state index is -4.45. The van der Waals surface area contributed by atoms with Crippen molar-refractivity contribution in [2.24, 2.45) is 0 Å². The summed E-state index contributed by atoms with van der Waals surface area (Å²) < 4.78 is 37.5. The maximum absolute atomic E-state index is 12.5. The van der Waals surface area contributed by atoms with Crippen LogP contribution in [0.2, 0.25) is 0 Å². The summed E-state index contributed by atoms with van der Waals surface area (Å²) in [7, 11) is 0. The van der Waals surface area contributed by atoms with Gasteiger partial charge in [-0.2, -0.15) is 13.2 Å². The molecule has 0 bridgehead atoms. The average molecular weight is 317 g/mol. The van der Waals surface area contributed by atoms with Crippen molar-refractivity contribution < 1.29 is 18.0 Å². The van der Waals surface area contributed by atoms with Crippen LogP contribution < -0.4 is 0 Å². The zero-order chi connectivity index (χ0) is 13.9. The van der Waals surface area contributed by atoms with E-state index in [9.17, 15) is 18.0 Å². The molecular formula is C11H9Cl2F3OS. The Bertz CT molecular complexity index is 448. The Labute approximate surface area is 117 Å². The van der Waals surface area contributed by atoms with Crippen molar-refractivity contribution in [3.8, 4) is 0 Å². The fraction of sp³-hybridized carbons (Fsp3) is 0.364. The topological polar surface area (TPSA) is 17.1 Å². The van der Waals surface area contributed by atoms with Crippen molar-refractivity contribution in [3.63, 3.8) is 0 Å². The number of rotatable bonds is 4. The molecular weight excluding hydrogens is 308 g/mol. The van der Waals surface area contributed by atoms with Crippen molar-refractivity contribution in [1.82, 2.24) is 0 Å². The number of thioether (sulfide) groups is 1. The molecule has 1 unspecified atom stereocenters. The lowest BCUT2D eigenvalue weighted by Crippen LogP contribution is -2.08. The first-order valence-electron chi connectivity index (χ1n) is 4.84. The Morgan fingerprint density at radius 2 is 2.06 bits per heavy atom. The van der Waals surface area contributed by atoms with E-state index in [1.807, 2.05) is 0 Å². The first-order valence-corrected chi connectivity index (χ1v) is 6.63. The largest absolute Gasteiger partial charge is 0.446 e. The van der Waals surface area contributed by atoms with Gasteiger partial charge < -0.3 is 0 Å². The molecule has 0 saturated heterocycles. The Morgan fingerprint density at radius 3 is 2.50 bits per heavy atom. The number of ketones is 1. The zero-order valence-corrected chi connectivity index (χ0v) is 11.6. The van der Waals surface area contributed by atoms with Crippen LogP contribution in [0.1, 0.15) is 23.4 Å². The second-order valence-corrected chi connectivity index (χ2v) is 5.27. The maximum Gasteiger partial charge on any atom is 0.446 e. The highest BCUT2D eigenvalue weighted by atomic mass is 35.5. The third kappa shape index (κ3) is 4.07.